The van der Waals surface area contributed by atoms with Crippen LogP contribution in [0.1, 0.15) is 38.1 Å². The minimum Gasteiger partial charge on any atom is -0.462 e. The molecule has 0 aliphatic rings. The first kappa shape index (κ1) is 16.7. The second-order valence-electron chi connectivity index (χ2n) is 6.06. The molecule has 0 fully saturated rings. The lowest BCUT2D eigenvalue weighted by Crippen LogP contribution is -2.26. The fourth-order valence-electron chi connectivity index (χ4n) is 1.91. The molecule has 0 aliphatic carbocycles. The van der Waals surface area contributed by atoms with Gasteiger partial charge in [0.1, 0.15) is 5.82 Å². The fourth-order valence-corrected chi connectivity index (χ4v) is 1.91. The number of benzene rings is 1. The van der Waals surface area contributed by atoms with Gasteiger partial charge in [0.05, 0.1) is 12.2 Å². The number of aromatic nitrogens is 2. The molecule has 1 aromatic heterocycles. The zero-order valence-electron chi connectivity index (χ0n) is 13.9. The van der Waals surface area contributed by atoms with E-state index in [0.29, 0.717) is 18.1 Å². The standard InChI is InChI=1S/C17H22N4O2/c1-5-23-15(22)12-6-8-13(9-7-12)19-16-18-11-10-14(20-16)21-17(2,3)4/h6-11H,5H2,1-4H3,(H2,18,19,20,21). The zero-order valence-corrected chi connectivity index (χ0v) is 13.9. The molecule has 0 saturated carbocycles. The molecule has 6 nitrogen and oxygen atoms in total. The van der Waals surface area contributed by atoms with Crippen molar-refractivity contribution in [3.63, 3.8) is 0 Å². The predicted octanol–water partition coefficient (Wildman–Crippen LogP) is 3.61. The molecule has 0 radical (unpaired) electrons. The van der Waals surface area contributed by atoms with Crippen LogP contribution in [0, 0.1) is 0 Å². The lowest BCUT2D eigenvalue weighted by Gasteiger charge is -2.21. The quantitative estimate of drug-likeness (QED) is 0.821. The maximum absolute atomic E-state index is 11.6. The molecule has 0 amide bonds. The van der Waals surface area contributed by atoms with Gasteiger partial charge in [-0.15, -0.1) is 0 Å². The van der Waals surface area contributed by atoms with Crippen LogP contribution in [0.15, 0.2) is 36.5 Å². The normalized spacial score (nSPS) is 11.0. The SMILES string of the molecule is CCOC(=O)c1ccc(Nc2nccc(NC(C)(C)C)n2)cc1. The van der Waals surface area contributed by atoms with Gasteiger partial charge < -0.3 is 15.4 Å². The van der Waals surface area contributed by atoms with Gasteiger partial charge >= 0.3 is 5.97 Å². The molecule has 0 unspecified atom stereocenters. The number of carbonyl (C=O) groups excluding carboxylic acids is 1. The van der Waals surface area contributed by atoms with Crippen molar-refractivity contribution in [3.05, 3.63) is 42.1 Å². The van der Waals surface area contributed by atoms with E-state index in [1.165, 1.54) is 0 Å². The highest BCUT2D eigenvalue weighted by Gasteiger charge is 2.11. The predicted molar refractivity (Wildman–Crippen MR) is 91.1 cm³/mol. The molecule has 1 aromatic carbocycles. The number of nitrogens with zero attached hydrogens (tertiary/aromatic N) is 2. The fraction of sp³-hybridized carbons (Fsp3) is 0.353. The summed E-state index contributed by atoms with van der Waals surface area (Å²) in [5.41, 5.74) is 1.24. The van der Waals surface area contributed by atoms with Crippen molar-refractivity contribution in [1.29, 1.82) is 0 Å². The molecule has 122 valence electrons. The van der Waals surface area contributed by atoms with Gasteiger partial charge in [-0.1, -0.05) is 0 Å². The van der Waals surface area contributed by atoms with E-state index < -0.39 is 0 Å². The number of ether oxygens (including phenoxy) is 1. The van der Waals surface area contributed by atoms with Crippen molar-refractivity contribution in [2.75, 3.05) is 17.2 Å². The first-order chi connectivity index (χ1) is 10.9. The molecule has 2 rings (SSSR count). The highest BCUT2D eigenvalue weighted by molar-refractivity contribution is 5.89. The summed E-state index contributed by atoms with van der Waals surface area (Å²) in [6.45, 7) is 8.34. The lowest BCUT2D eigenvalue weighted by atomic mass is 10.1. The Hall–Kier alpha value is -2.63. The third kappa shape index (κ3) is 5.25. The van der Waals surface area contributed by atoms with Crippen LogP contribution in [0.5, 0.6) is 0 Å². The van der Waals surface area contributed by atoms with Crippen LogP contribution >= 0.6 is 0 Å². The molecular weight excluding hydrogens is 292 g/mol. The highest BCUT2D eigenvalue weighted by Crippen LogP contribution is 2.17. The molecule has 0 saturated heterocycles. The van der Waals surface area contributed by atoms with Crippen molar-refractivity contribution in [2.24, 2.45) is 0 Å². The van der Waals surface area contributed by atoms with E-state index in [1.54, 1.807) is 37.4 Å². The van der Waals surface area contributed by atoms with E-state index in [1.807, 2.05) is 6.07 Å². The van der Waals surface area contributed by atoms with Crippen LogP contribution in [0.2, 0.25) is 0 Å². The van der Waals surface area contributed by atoms with Crippen LogP contribution in [0.25, 0.3) is 0 Å². The van der Waals surface area contributed by atoms with Gasteiger partial charge in [-0.3, -0.25) is 0 Å². The zero-order chi connectivity index (χ0) is 16.9. The summed E-state index contributed by atoms with van der Waals surface area (Å²) >= 11 is 0. The molecule has 0 atom stereocenters. The van der Waals surface area contributed by atoms with E-state index in [-0.39, 0.29) is 11.5 Å². The monoisotopic (exact) mass is 314 g/mol. The Morgan fingerprint density at radius 1 is 1.17 bits per heavy atom. The number of rotatable bonds is 5. The minimum absolute atomic E-state index is 0.0765. The van der Waals surface area contributed by atoms with Crippen molar-refractivity contribution in [3.8, 4) is 0 Å². The average molecular weight is 314 g/mol. The van der Waals surface area contributed by atoms with Crippen LogP contribution in [-0.2, 0) is 4.74 Å². The van der Waals surface area contributed by atoms with E-state index in [2.05, 4.69) is 41.4 Å². The number of esters is 1. The Labute approximate surface area is 136 Å². The Bertz CT molecular complexity index is 663. The minimum atomic E-state index is -0.327. The Balaban J connectivity index is 2.07. The maximum Gasteiger partial charge on any atom is 0.338 e. The summed E-state index contributed by atoms with van der Waals surface area (Å²) in [4.78, 5) is 20.2. The van der Waals surface area contributed by atoms with Crippen molar-refractivity contribution in [2.45, 2.75) is 33.2 Å². The van der Waals surface area contributed by atoms with Crippen LogP contribution in [-0.4, -0.2) is 28.1 Å². The summed E-state index contributed by atoms with van der Waals surface area (Å²) in [6, 6.07) is 8.81. The number of nitrogens with one attached hydrogen (secondary N) is 2. The molecule has 2 N–H and O–H groups in total. The highest BCUT2D eigenvalue weighted by atomic mass is 16.5. The summed E-state index contributed by atoms with van der Waals surface area (Å²) < 4.78 is 4.96. The van der Waals surface area contributed by atoms with Gasteiger partial charge in [0.25, 0.3) is 0 Å². The topological polar surface area (TPSA) is 76.1 Å². The second-order valence-corrected chi connectivity index (χ2v) is 6.06. The Morgan fingerprint density at radius 2 is 1.87 bits per heavy atom. The van der Waals surface area contributed by atoms with Crippen molar-refractivity contribution < 1.29 is 9.53 Å². The molecule has 0 spiro atoms. The van der Waals surface area contributed by atoms with Gasteiger partial charge in [-0.2, -0.15) is 4.98 Å². The van der Waals surface area contributed by atoms with Crippen LogP contribution in [0.4, 0.5) is 17.5 Å². The lowest BCUT2D eigenvalue weighted by molar-refractivity contribution is 0.0526. The van der Waals surface area contributed by atoms with E-state index >= 15 is 0 Å². The van der Waals surface area contributed by atoms with Gasteiger partial charge in [-0.25, -0.2) is 9.78 Å². The Morgan fingerprint density at radius 3 is 2.48 bits per heavy atom. The van der Waals surface area contributed by atoms with Gasteiger partial charge in [0, 0.05) is 17.4 Å². The molecule has 6 heteroatoms. The van der Waals surface area contributed by atoms with Gasteiger partial charge in [0.15, 0.2) is 0 Å². The smallest absolute Gasteiger partial charge is 0.338 e. The molecule has 0 aliphatic heterocycles. The summed E-state index contributed by atoms with van der Waals surface area (Å²) in [5, 5.41) is 6.41. The van der Waals surface area contributed by atoms with Crippen molar-refractivity contribution >= 4 is 23.4 Å². The largest absolute Gasteiger partial charge is 0.462 e. The third-order valence-corrected chi connectivity index (χ3v) is 2.81. The number of hydrogen-bond donors (Lipinski definition) is 2. The second kappa shape index (κ2) is 7.09. The van der Waals surface area contributed by atoms with Crippen LogP contribution < -0.4 is 10.6 Å². The Kier molecular flexibility index (Phi) is 5.16. The van der Waals surface area contributed by atoms with Crippen LogP contribution in [0.3, 0.4) is 0 Å². The van der Waals surface area contributed by atoms with E-state index in [4.69, 9.17) is 4.74 Å². The number of carbonyl (C=O) groups is 1. The summed E-state index contributed by atoms with van der Waals surface area (Å²) in [7, 11) is 0. The number of anilines is 3. The van der Waals surface area contributed by atoms with Crippen molar-refractivity contribution in [1.82, 2.24) is 9.97 Å². The molecular formula is C17H22N4O2. The van der Waals surface area contributed by atoms with E-state index in [9.17, 15) is 4.79 Å². The summed E-state index contributed by atoms with van der Waals surface area (Å²) in [6.07, 6.45) is 1.69. The number of hydrogen-bond acceptors (Lipinski definition) is 6. The van der Waals surface area contributed by atoms with Gasteiger partial charge in [0.2, 0.25) is 5.95 Å². The van der Waals surface area contributed by atoms with E-state index in [0.717, 1.165) is 11.5 Å². The molecule has 23 heavy (non-hydrogen) atoms. The molecule has 2 aromatic rings. The third-order valence-electron chi connectivity index (χ3n) is 2.81. The average Bonchev–Trinajstić information content (AvgIpc) is 2.47. The summed E-state index contributed by atoms with van der Waals surface area (Å²) in [5.74, 6) is 0.910. The van der Waals surface area contributed by atoms with Gasteiger partial charge in [-0.05, 0) is 58.0 Å². The molecule has 0 bridgehead atoms. The maximum atomic E-state index is 11.6. The first-order valence-electron chi connectivity index (χ1n) is 7.53. The first-order valence-corrected chi connectivity index (χ1v) is 7.53. The molecule has 1 heterocycles.